The van der Waals surface area contributed by atoms with Gasteiger partial charge in [-0.3, -0.25) is 9.69 Å². The largest absolute Gasteiger partial charge is 0.480 e. The minimum atomic E-state index is -0.779. The van der Waals surface area contributed by atoms with Gasteiger partial charge in [-0.15, -0.1) is 0 Å². The van der Waals surface area contributed by atoms with E-state index in [9.17, 15) is 9.59 Å². The standard InChI is InChI=1S/C18H33N3O3/c1-3-20(13-17(22)23)16-7-9-21(10-8-16)18(24)19-12-15-6-4-5-14(2)11-15/h14-16H,3-13H2,1-2H3,(H,19,24)(H,22,23). The molecule has 2 amide bonds. The summed E-state index contributed by atoms with van der Waals surface area (Å²) in [6, 6.07) is 0.322. The molecule has 0 aromatic carbocycles. The average Bonchev–Trinajstić information content (AvgIpc) is 2.57. The molecule has 1 aliphatic carbocycles. The number of nitrogens with zero attached hydrogens (tertiary/aromatic N) is 2. The number of carboxylic acid groups (broad SMARTS) is 1. The number of amides is 2. The molecule has 1 heterocycles. The van der Waals surface area contributed by atoms with Crippen molar-refractivity contribution in [3.8, 4) is 0 Å². The fraction of sp³-hybridized carbons (Fsp3) is 0.889. The highest BCUT2D eigenvalue weighted by atomic mass is 16.4. The number of hydrogen-bond donors (Lipinski definition) is 2. The number of carboxylic acids is 1. The van der Waals surface area contributed by atoms with Gasteiger partial charge in [-0.05, 0) is 44.1 Å². The minimum absolute atomic E-state index is 0.0490. The molecule has 138 valence electrons. The Balaban J connectivity index is 1.71. The molecule has 0 aromatic rings. The van der Waals surface area contributed by atoms with Crippen LogP contribution >= 0.6 is 0 Å². The summed E-state index contributed by atoms with van der Waals surface area (Å²) >= 11 is 0. The number of carbonyl (C=O) groups excluding carboxylic acids is 1. The lowest BCUT2D eigenvalue weighted by atomic mass is 9.82. The highest BCUT2D eigenvalue weighted by molar-refractivity contribution is 5.74. The third-order valence-electron chi connectivity index (χ3n) is 5.60. The van der Waals surface area contributed by atoms with E-state index >= 15 is 0 Å². The molecule has 2 N–H and O–H groups in total. The van der Waals surface area contributed by atoms with Crippen LogP contribution in [0.5, 0.6) is 0 Å². The number of nitrogens with one attached hydrogen (secondary N) is 1. The van der Waals surface area contributed by atoms with Crippen molar-refractivity contribution >= 4 is 12.0 Å². The van der Waals surface area contributed by atoms with Gasteiger partial charge in [0.25, 0.3) is 0 Å². The number of piperidine rings is 1. The van der Waals surface area contributed by atoms with E-state index in [0.717, 1.165) is 31.8 Å². The van der Waals surface area contributed by atoms with Gasteiger partial charge in [-0.2, -0.15) is 0 Å². The molecule has 0 radical (unpaired) electrons. The second-order valence-corrected chi connectivity index (χ2v) is 7.50. The second-order valence-electron chi connectivity index (χ2n) is 7.50. The first-order chi connectivity index (χ1) is 11.5. The molecular formula is C18H33N3O3. The molecule has 1 aliphatic heterocycles. The van der Waals surface area contributed by atoms with Crippen molar-refractivity contribution in [3.05, 3.63) is 0 Å². The van der Waals surface area contributed by atoms with Gasteiger partial charge in [0.05, 0.1) is 6.54 Å². The third-order valence-corrected chi connectivity index (χ3v) is 5.60. The first-order valence-corrected chi connectivity index (χ1v) is 9.48. The van der Waals surface area contributed by atoms with Crippen LogP contribution in [0.1, 0.15) is 52.4 Å². The van der Waals surface area contributed by atoms with Crippen molar-refractivity contribution in [3.63, 3.8) is 0 Å². The zero-order chi connectivity index (χ0) is 17.5. The van der Waals surface area contributed by atoms with Gasteiger partial charge in [0, 0.05) is 25.7 Å². The quantitative estimate of drug-likeness (QED) is 0.779. The highest BCUT2D eigenvalue weighted by Crippen LogP contribution is 2.28. The van der Waals surface area contributed by atoms with Crippen LogP contribution in [0.4, 0.5) is 4.79 Å². The fourth-order valence-corrected chi connectivity index (χ4v) is 4.20. The summed E-state index contributed by atoms with van der Waals surface area (Å²) in [7, 11) is 0. The molecule has 0 spiro atoms. The molecule has 1 saturated heterocycles. The van der Waals surface area contributed by atoms with E-state index in [2.05, 4.69) is 12.2 Å². The maximum atomic E-state index is 12.4. The van der Waals surface area contributed by atoms with Crippen molar-refractivity contribution in [2.24, 2.45) is 11.8 Å². The number of likely N-dealkylation sites (tertiary alicyclic amines) is 1. The zero-order valence-corrected chi connectivity index (χ0v) is 15.2. The van der Waals surface area contributed by atoms with Crippen LogP contribution in [0.25, 0.3) is 0 Å². The van der Waals surface area contributed by atoms with E-state index in [1.54, 1.807) is 0 Å². The Labute approximate surface area is 145 Å². The number of aliphatic carboxylic acids is 1. The fourth-order valence-electron chi connectivity index (χ4n) is 4.20. The number of likely N-dealkylation sites (N-methyl/N-ethyl adjacent to an activating group) is 1. The average molecular weight is 339 g/mol. The van der Waals surface area contributed by atoms with Crippen LogP contribution in [-0.4, -0.2) is 65.7 Å². The van der Waals surface area contributed by atoms with E-state index in [0.29, 0.717) is 19.0 Å². The van der Waals surface area contributed by atoms with Gasteiger partial charge in [0.1, 0.15) is 0 Å². The molecule has 0 aromatic heterocycles. The summed E-state index contributed by atoms with van der Waals surface area (Å²) in [6.07, 6.45) is 6.77. The van der Waals surface area contributed by atoms with E-state index in [4.69, 9.17) is 5.11 Å². The molecule has 1 saturated carbocycles. The Morgan fingerprint density at radius 2 is 1.92 bits per heavy atom. The van der Waals surface area contributed by atoms with Gasteiger partial charge in [-0.1, -0.05) is 26.7 Å². The molecule has 2 unspecified atom stereocenters. The van der Waals surface area contributed by atoms with Crippen molar-refractivity contribution in [2.75, 3.05) is 32.7 Å². The van der Waals surface area contributed by atoms with Gasteiger partial charge in [0.2, 0.25) is 0 Å². The minimum Gasteiger partial charge on any atom is -0.480 e. The van der Waals surface area contributed by atoms with E-state index in [-0.39, 0.29) is 18.6 Å². The Bertz CT molecular complexity index is 422. The van der Waals surface area contributed by atoms with E-state index in [1.807, 2.05) is 16.7 Å². The first-order valence-electron chi connectivity index (χ1n) is 9.48. The second kappa shape index (κ2) is 9.25. The Morgan fingerprint density at radius 3 is 2.50 bits per heavy atom. The van der Waals surface area contributed by atoms with Gasteiger partial charge < -0.3 is 15.3 Å². The Morgan fingerprint density at radius 1 is 1.21 bits per heavy atom. The van der Waals surface area contributed by atoms with Gasteiger partial charge in [-0.25, -0.2) is 4.79 Å². The Kier molecular flexibility index (Phi) is 7.34. The van der Waals surface area contributed by atoms with Crippen LogP contribution in [0.2, 0.25) is 0 Å². The predicted octanol–water partition coefficient (Wildman–Crippen LogP) is 2.39. The lowest BCUT2D eigenvalue weighted by Crippen LogP contribution is -2.51. The summed E-state index contributed by atoms with van der Waals surface area (Å²) < 4.78 is 0. The highest BCUT2D eigenvalue weighted by Gasteiger charge is 2.27. The van der Waals surface area contributed by atoms with Crippen LogP contribution in [0.15, 0.2) is 0 Å². The van der Waals surface area contributed by atoms with Crippen molar-refractivity contribution < 1.29 is 14.7 Å². The summed E-state index contributed by atoms with van der Waals surface area (Å²) in [5.41, 5.74) is 0. The molecule has 2 fully saturated rings. The summed E-state index contributed by atoms with van der Waals surface area (Å²) in [5.74, 6) is 0.630. The number of carbonyl (C=O) groups is 2. The van der Waals surface area contributed by atoms with Gasteiger partial charge in [0.15, 0.2) is 0 Å². The van der Waals surface area contributed by atoms with Crippen molar-refractivity contribution in [1.82, 2.24) is 15.1 Å². The van der Waals surface area contributed by atoms with Crippen LogP contribution in [0, 0.1) is 11.8 Å². The lowest BCUT2D eigenvalue weighted by molar-refractivity contribution is -0.139. The molecule has 2 atom stereocenters. The van der Waals surface area contributed by atoms with Crippen molar-refractivity contribution in [1.29, 1.82) is 0 Å². The van der Waals surface area contributed by atoms with E-state index in [1.165, 1.54) is 25.7 Å². The molecule has 24 heavy (non-hydrogen) atoms. The number of hydrogen-bond acceptors (Lipinski definition) is 3. The lowest BCUT2D eigenvalue weighted by Gasteiger charge is -2.37. The van der Waals surface area contributed by atoms with Crippen LogP contribution in [-0.2, 0) is 4.79 Å². The number of rotatable bonds is 6. The predicted molar refractivity (Wildman–Crippen MR) is 94.0 cm³/mol. The summed E-state index contributed by atoms with van der Waals surface area (Å²) in [6.45, 7) is 7.35. The summed E-state index contributed by atoms with van der Waals surface area (Å²) in [4.78, 5) is 27.2. The molecular weight excluding hydrogens is 306 g/mol. The zero-order valence-electron chi connectivity index (χ0n) is 15.2. The summed E-state index contributed by atoms with van der Waals surface area (Å²) in [5, 5.41) is 12.1. The third kappa shape index (κ3) is 5.65. The molecule has 2 aliphatic rings. The first kappa shape index (κ1) is 19.0. The topological polar surface area (TPSA) is 72.9 Å². The SMILES string of the molecule is CCN(CC(=O)O)C1CCN(C(=O)NCC2CCCC(C)C2)CC1. The molecule has 6 heteroatoms. The molecule has 6 nitrogen and oxygen atoms in total. The molecule has 2 rings (SSSR count). The van der Waals surface area contributed by atoms with Gasteiger partial charge >= 0.3 is 12.0 Å². The maximum absolute atomic E-state index is 12.4. The number of urea groups is 1. The maximum Gasteiger partial charge on any atom is 0.317 e. The van der Waals surface area contributed by atoms with E-state index < -0.39 is 5.97 Å². The smallest absolute Gasteiger partial charge is 0.317 e. The molecule has 0 bridgehead atoms. The Hall–Kier alpha value is -1.30. The van der Waals surface area contributed by atoms with Crippen LogP contribution in [0.3, 0.4) is 0 Å². The normalized spacial score (nSPS) is 25.7. The van der Waals surface area contributed by atoms with Crippen LogP contribution < -0.4 is 5.32 Å². The van der Waals surface area contributed by atoms with Crippen molar-refractivity contribution in [2.45, 2.75) is 58.4 Å². The monoisotopic (exact) mass is 339 g/mol.